The van der Waals surface area contributed by atoms with E-state index in [0.29, 0.717) is 23.8 Å². The predicted molar refractivity (Wildman–Crippen MR) is 102 cm³/mol. The SMILES string of the molecule is O=C(CCN1CCC(Cc2noc(C3CC3)n2)CC1)NCc1ccccc1F. The molecular weight excluding hydrogens is 359 g/mol. The minimum absolute atomic E-state index is 0.0372. The zero-order chi connectivity index (χ0) is 19.3. The Morgan fingerprint density at radius 2 is 2.00 bits per heavy atom. The Labute approximate surface area is 164 Å². The second-order valence-electron chi connectivity index (χ2n) is 7.93. The third-order valence-electron chi connectivity index (χ3n) is 5.68. The summed E-state index contributed by atoms with van der Waals surface area (Å²) in [6, 6.07) is 6.52. The van der Waals surface area contributed by atoms with Crippen LogP contribution in [0, 0.1) is 11.7 Å². The summed E-state index contributed by atoms with van der Waals surface area (Å²) < 4.78 is 18.9. The molecule has 1 aliphatic heterocycles. The summed E-state index contributed by atoms with van der Waals surface area (Å²) >= 11 is 0. The Kier molecular flexibility index (Phi) is 6.00. The first-order valence-electron chi connectivity index (χ1n) is 10.2. The summed E-state index contributed by atoms with van der Waals surface area (Å²) in [5.41, 5.74) is 0.517. The Hall–Kier alpha value is -2.28. The van der Waals surface area contributed by atoms with E-state index < -0.39 is 0 Å². The molecule has 1 amide bonds. The number of amides is 1. The maximum Gasteiger partial charge on any atom is 0.229 e. The van der Waals surface area contributed by atoms with Crippen LogP contribution in [0.1, 0.15) is 55.3 Å². The Balaban J connectivity index is 1.13. The lowest BCUT2D eigenvalue weighted by Gasteiger charge is -2.31. The second kappa shape index (κ2) is 8.82. The average Bonchev–Trinajstić information content (AvgIpc) is 3.46. The van der Waals surface area contributed by atoms with Gasteiger partial charge in [0.2, 0.25) is 11.8 Å². The molecule has 0 unspecified atom stereocenters. The lowest BCUT2D eigenvalue weighted by atomic mass is 9.93. The molecule has 0 spiro atoms. The van der Waals surface area contributed by atoms with Crippen LogP contribution in [0.5, 0.6) is 0 Å². The molecular formula is C21H27FN4O2. The van der Waals surface area contributed by atoms with Crippen molar-refractivity contribution in [3.8, 4) is 0 Å². The number of nitrogens with zero attached hydrogens (tertiary/aromatic N) is 3. The molecule has 28 heavy (non-hydrogen) atoms. The second-order valence-corrected chi connectivity index (χ2v) is 7.93. The summed E-state index contributed by atoms with van der Waals surface area (Å²) in [5.74, 6) is 2.42. The molecule has 6 nitrogen and oxygen atoms in total. The van der Waals surface area contributed by atoms with Crippen LogP contribution >= 0.6 is 0 Å². The van der Waals surface area contributed by atoms with Gasteiger partial charge in [0.15, 0.2) is 5.82 Å². The van der Waals surface area contributed by atoms with Gasteiger partial charge in [-0.25, -0.2) is 4.39 Å². The number of benzene rings is 1. The molecule has 1 N–H and O–H groups in total. The van der Waals surface area contributed by atoms with Crippen LogP contribution in [0.3, 0.4) is 0 Å². The number of hydrogen-bond acceptors (Lipinski definition) is 5. The summed E-state index contributed by atoms with van der Waals surface area (Å²) in [4.78, 5) is 18.9. The fraction of sp³-hybridized carbons (Fsp3) is 0.571. The fourth-order valence-electron chi connectivity index (χ4n) is 3.70. The third kappa shape index (κ3) is 5.16. The van der Waals surface area contributed by atoms with Crippen LogP contribution in [0.15, 0.2) is 28.8 Å². The average molecular weight is 386 g/mol. The van der Waals surface area contributed by atoms with Crippen LogP contribution in [0.4, 0.5) is 4.39 Å². The molecule has 2 aromatic rings. The summed E-state index contributed by atoms with van der Waals surface area (Å²) in [7, 11) is 0. The zero-order valence-electron chi connectivity index (χ0n) is 16.1. The highest BCUT2D eigenvalue weighted by Gasteiger charge is 2.30. The molecule has 1 aliphatic carbocycles. The standard InChI is InChI=1S/C21H27FN4O2/c22-18-4-2-1-3-17(18)14-23-20(27)9-12-26-10-7-15(8-11-26)13-19-24-21(28-25-19)16-5-6-16/h1-4,15-16H,5-14H2,(H,23,27). The van der Waals surface area contributed by atoms with E-state index in [-0.39, 0.29) is 18.3 Å². The number of carbonyl (C=O) groups excluding carboxylic acids is 1. The van der Waals surface area contributed by atoms with Crippen molar-refractivity contribution < 1.29 is 13.7 Å². The highest BCUT2D eigenvalue weighted by molar-refractivity contribution is 5.76. The minimum Gasteiger partial charge on any atom is -0.352 e. The van der Waals surface area contributed by atoms with Crippen molar-refractivity contribution in [2.75, 3.05) is 19.6 Å². The van der Waals surface area contributed by atoms with E-state index in [1.807, 2.05) is 0 Å². The van der Waals surface area contributed by atoms with Crippen LogP contribution in [-0.4, -0.2) is 40.6 Å². The van der Waals surface area contributed by atoms with Gasteiger partial charge in [-0.2, -0.15) is 4.98 Å². The summed E-state index contributed by atoms with van der Waals surface area (Å²) in [5, 5.41) is 6.93. The van der Waals surface area contributed by atoms with Crippen LogP contribution < -0.4 is 5.32 Å². The number of nitrogens with one attached hydrogen (secondary N) is 1. The van der Waals surface area contributed by atoms with Crippen molar-refractivity contribution in [2.45, 2.75) is 51.0 Å². The van der Waals surface area contributed by atoms with Crippen molar-refractivity contribution in [3.63, 3.8) is 0 Å². The lowest BCUT2D eigenvalue weighted by molar-refractivity contribution is -0.121. The normalized spacial score (nSPS) is 18.3. The van der Waals surface area contributed by atoms with Crippen LogP contribution in [0.25, 0.3) is 0 Å². The van der Waals surface area contributed by atoms with Crippen molar-refractivity contribution in [2.24, 2.45) is 5.92 Å². The molecule has 2 heterocycles. The van der Waals surface area contributed by atoms with Crippen molar-refractivity contribution >= 4 is 5.91 Å². The summed E-state index contributed by atoms with van der Waals surface area (Å²) in [6.07, 6.45) is 5.85. The first-order valence-corrected chi connectivity index (χ1v) is 10.2. The number of likely N-dealkylation sites (tertiary alicyclic amines) is 1. The van der Waals surface area contributed by atoms with E-state index in [2.05, 4.69) is 20.4 Å². The highest BCUT2D eigenvalue weighted by Crippen LogP contribution is 2.39. The molecule has 4 rings (SSSR count). The summed E-state index contributed by atoms with van der Waals surface area (Å²) in [6.45, 7) is 2.95. The van der Waals surface area contributed by atoms with Gasteiger partial charge >= 0.3 is 0 Å². The van der Waals surface area contributed by atoms with Crippen LogP contribution in [0.2, 0.25) is 0 Å². The van der Waals surface area contributed by atoms with E-state index in [9.17, 15) is 9.18 Å². The zero-order valence-corrected chi connectivity index (χ0v) is 16.1. The number of rotatable bonds is 8. The number of piperidine rings is 1. The molecule has 1 aromatic carbocycles. The van der Waals surface area contributed by atoms with E-state index >= 15 is 0 Å². The molecule has 2 aliphatic rings. The topological polar surface area (TPSA) is 71.3 Å². The first-order chi connectivity index (χ1) is 13.7. The predicted octanol–water partition coefficient (Wildman–Crippen LogP) is 3.05. The van der Waals surface area contributed by atoms with Gasteiger partial charge in [0.1, 0.15) is 5.82 Å². The number of aromatic nitrogens is 2. The molecule has 0 atom stereocenters. The van der Waals surface area contributed by atoms with E-state index in [1.165, 1.54) is 18.9 Å². The number of carbonyl (C=O) groups is 1. The van der Waals surface area contributed by atoms with E-state index in [0.717, 1.165) is 50.6 Å². The first kappa shape index (κ1) is 19.1. The van der Waals surface area contributed by atoms with Crippen molar-refractivity contribution in [1.82, 2.24) is 20.4 Å². The maximum absolute atomic E-state index is 13.6. The Bertz CT molecular complexity index is 797. The van der Waals surface area contributed by atoms with Gasteiger partial charge in [-0.3, -0.25) is 4.79 Å². The largest absolute Gasteiger partial charge is 0.352 e. The molecule has 0 bridgehead atoms. The number of halogens is 1. The Morgan fingerprint density at radius 3 is 2.75 bits per heavy atom. The fourth-order valence-corrected chi connectivity index (χ4v) is 3.70. The molecule has 7 heteroatoms. The minimum atomic E-state index is -0.282. The highest BCUT2D eigenvalue weighted by atomic mass is 19.1. The van der Waals surface area contributed by atoms with Crippen LogP contribution in [-0.2, 0) is 17.8 Å². The lowest BCUT2D eigenvalue weighted by Crippen LogP contribution is -2.37. The smallest absolute Gasteiger partial charge is 0.229 e. The molecule has 1 saturated heterocycles. The monoisotopic (exact) mass is 386 g/mol. The molecule has 2 fully saturated rings. The molecule has 0 radical (unpaired) electrons. The van der Waals surface area contributed by atoms with Gasteiger partial charge in [0.05, 0.1) is 0 Å². The molecule has 150 valence electrons. The van der Waals surface area contributed by atoms with Gasteiger partial charge in [0.25, 0.3) is 0 Å². The van der Waals surface area contributed by atoms with Gasteiger partial charge in [0, 0.05) is 37.4 Å². The van der Waals surface area contributed by atoms with E-state index in [1.54, 1.807) is 18.2 Å². The van der Waals surface area contributed by atoms with Crippen molar-refractivity contribution in [3.05, 3.63) is 47.4 Å². The maximum atomic E-state index is 13.6. The molecule has 1 aromatic heterocycles. The van der Waals surface area contributed by atoms with Gasteiger partial charge in [-0.15, -0.1) is 0 Å². The van der Waals surface area contributed by atoms with Crippen molar-refractivity contribution in [1.29, 1.82) is 0 Å². The van der Waals surface area contributed by atoms with Gasteiger partial charge in [-0.05, 0) is 50.8 Å². The quantitative estimate of drug-likeness (QED) is 0.755. The van der Waals surface area contributed by atoms with Gasteiger partial charge < -0.3 is 14.7 Å². The van der Waals surface area contributed by atoms with Gasteiger partial charge in [-0.1, -0.05) is 23.4 Å². The third-order valence-corrected chi connectivity index (χ3v) is 5.68. The Morgan fingerprint density at radius 1 is 1.21 bits per heavy atom. The molecule has 1 saturated carbocycles. The number of hydrogen-bond donors (Lipinski definition) is 1. The van der Waals surface area contributed by atoms with E-state index in [4.69, 9.17) is 4.52 Å².